The van der Waals surface area contributed by atoms with Crippen LogP contribution in [-0.4, -0.2) is 27.9 Å². The molecule has 2 rings (SSSR count). The van der Waals surface area contributed by atoms with E-state index in [9.17, 15) is 13.2 Å². The molecule has 0 fully saturated rings. The van der Waals surface area contributed by atoms with Crippen LogP contribution in [0.2, 0.25) is 0 Å². The summed E-state index contributed by atoms with van der Waals surface area (Å²) in [6.45, 7) is 0.0301. The van der Waals surface area contributed by atoms with Gasteiger partial charge in [-0.3, -0.25) is 8.98 Å². The smallest absolute Gasteiger partial charge is 0.297 e. The van der Waals surface area contributed by atoms with E-state index in [0.717, 1.165) is 0 Å². The van der Waals surface area contributed by atoms with Crippen molar-refractivity contribution in [3.8, 4) is 5.75 Å². The number of ether oxygens (including phenoxy) is 1. The van der Waals surface area contributed by atoms with E-state index in [-0.39, 0.29) is 18.1 Å². The summed E-state index contributed by atoms with van der Waals surface area (Å²) in [5.74, 6) is 0.647. The minimum atomic E-state index is -3.84. The van der Waals surface area contributed by atoms with Crippen LogP contribution in [0.25, 0.3) is 0 Å². The van der Waals surface area contributed by atoms with Crippen molar-refractivity contribution in [3.05, 3.63) is 60.2 Å². The molecule has 6 heteroatoms. The molecule has 0 saturated heterocycles. The first-order valence-electron chi connectivity index (χ1n) is 6.24. The van der Waals surface area contributed by atoms with E-state index in [4.69, 9.17) is 8.92 Å². The molecular formula is C15H14O5S. The van der Waals surface area contributed by atoms with E-state index in [0.29, 0.717) is 17.6 Å². The molecule has 0 aliphatic carbocycles. The molecule has 0 spiro atoms. The van der Waals surface area contributed by atoms with Gasteiger partial charge in [-0.2, -0.15) is 8.42 Å². The Balaban J connectivity index is 1.87. The van der Waals surface area contributed by atoms with Crippen LogP contribution in [-0.2, 0) is 14.3 Å². The molecule has 0 aromatic heterocycles. The molecule has 0 bridgehead atoms. The van der Waals surface area contributed by atoms with Gasteiger partial charge in [0.25, 0.3) is 10.1 Å². The van der Waals surface area contributed by atoms with E-state index >= 15 is 0 Å². The molecule has 21 heavy (non-hydrogen) atoms. The van der Waals surface area contributed by atoms with Gasteiger partial charge < -0.3 is 4.74 Å². The Morgan fingerprint density at radius 1 is 0.905 bits per heavy atom. The average Bonchev–Trinajstić information content (AvgIpc) is 2.53. The van der Waals surface area contributed by atoms with Gasteiger partial charge in [0.15, 0.2) is 0 Å². The summed E-state index contributed by atoms with van der Waals surface area (Å²) in [4.78, 5) is 10.5. The lowest BCUT2D eigenvalue weighted by Gasteiger charge is -2.07. The van der Waals surface area contributed by atoms with Crippen molar-refractivity contribution in [1.82, 2.24) is 0 Å². The number of carbonyl (C=O) groups is 1. The summed E-state index contributed by atoms with van der Waals surface area (Å²) in [6, 6.07) is 14.5. The Hall–Kier alpha value is -2.18. The highest BCUT2D eigenvalue weighted by atomic mass is 32.2. The molecular weight excluding hydrogens is 292 g/mol. The van der Waals surface area contributed by atoms with E-state index < -0.39 is 10.1 Å². The summed E-state index contributed by atoms with van der Waals surface area (Å²) in [5.41, 5.74) is 0.404. The minimum absolute atomic E-state index is 0.00723. The number of para-hydroxylation sites is 1. The first kappa shape index (κ1) is 15.2. The molecule has 0 aliphatic heterocycles. The summed E-state index contributed by atoms with van der Waals surface area (Å²) in [7, 11) is -3.84. The molecule has 0 atom stereocenters. The van der Waals surface area contributed by atoms with Gasteiger partial charge in [-0.25, -0.2) is 0 Å². The molecule has 0 radical (unpaired) electrons. The third-order valence-corrected chi connectivity index (χ3v) is 3.97. The van der Waals surface area contributed by atoms with Crippen molar-refractivity contribution in [3.63, 3.8) is 0 Å². The Labute approximate surface area is 123 Å². The number of benzene rings is 2. The van der Waals surface area contributed by atoms with Gasteiger partial charge >= 0.3 is 0 Å². The number of hydrogen-bond donors (Lipinski definition) is 0. The quantitative estimate of drug-likeness (QED) is 0.446. The van der Waals surface area contributed by atoms with Gasteiger partial charge in [-0.15, -0.1) is 0 Å². The molecule has 0 aliphatic rings. The lowest BCUT2D eigenvalue weighted by molar-refractivity contribution is 0.112. The second-order valence-corrected chi connectivity index (χ2v) is 5.74. The highest BCUT2D eigenvalue weighted by Gasteiger charge is 2.14. The summed E-state index contributed by atoms with van der Waals surface area (Å²) >= 11 is 0. The van der Waals surface area contributed by atoms with Crippen molar-refractivity contribution in [2.75, 3.05) is 13.2 Å². The molecule has 110 valence electrons. The highest BCUT2D eigenvalue weighted by molar-refractivity contribution is 7.86. The molecule has 2 aromatic rings. The molecule has 0 amide bonds. The van der Waals surface area contributed by atoms with Gasteiger partial charge in [-0.1, -0.05) is 30.3 Å². The fraction of sp³-hybridized carbons (Fsp3) is 0.133. The molecule has 0 heterocycles. The van der Waals surface area contributed by atoms with E-state index in [1.165, 1.54) is 24.3 Å². The van der Waals surface area contributed by atoms with Crippen molar-refractivity contribution >= 4 is 16.4 Å². The second kappa shape index (κ2) is 7.01. The highest BCUT2D eigenvalue weighted by Crippen LogP contribution is 2.13. The van der Waals surface area contributed by atoms with Crippen LogP contribution in [0.3, 0.4) is 0 Å². The van der Waals surface area contributed by atoms with Crippen LogP contribution < -0.4 is 4.74 Å². The fourth-order valence-electron chi connectivity index (χ4n) is 1.60. The Kier molecular flexibility index (Phi) is 5.08. The van der Waals surface area contributed by atoms with Gasteiger partial charge in [-0.05, 0) is 24.3 Å². The van der Waals surface area contributed by atoms with Crippen LogP contribution in [0.1, 0.15) is 10.4 Å². The Morgan fingerprint density at radius 2 is 1.57 bits per heavy atom. The van der Waals surface area contributed by atoms with Crippen molar-refractivity contribution in [2.45, 2.75) is 4.90 Å². The lowest BCUT2D eigenvalue weighted by atomic mass is 10.2. The Bertz CT molecular complexity index is 678. The third-order valence-electron chi connectivity index (χ3n) is 2.64. The summed E-state index contributed by atoms with van der Waals surface area (Å²) in [5, 5.41) is 0. The maximum Gasteiger partial charge on any atom is 0.297 e. The van der Waals surface area contributed by atoms with Gasteiger partial charge in [0.05, 0.1) is 4.90 Å². The summed E-state index contributed by atoms with van der Waals surface area (Å²) < 4.78 is 34.0. The van der Waals surface area contributed by atoms with Crippen molar-refractivity contribution in [2.24, 2.45) is 0 Å². The first-order chi connectivity index (χ1) is 10.1. The largest absolute Gasteiger partial charge is 0.491 e. The normalized spacial score (nSPS) is 11.0. The SMILES string of the molecule is O=Cc1ccc(S(=O)(=O)OCCOc2ccccc2)cc1. The maximum absolute atomic E-state index is 11.9. The molecule has 2 aromatic carbocycles. The molecule has 5 nitrogen and oxygen atoms in total. The zero-order valence-electron chi connectivity index (χ0n) is 11.1. The number of hydrogen-bond acceptors (Lipinski definition) is 5. The van der Waals surface area contributed by atoms with Crippen molar-refractivity contribution in [1.29, 1.82) is 0 Å². The maximum atomic E-state index is 11.9. The first-order valence-corrected chi connectivity index (χ1v) is 7.65. The zero-order chi connectivity index (χ0) is 15.1. The van der Waals surface area contributed by atoms with Crippen LogP contribution in [0.4, 0.5) is 0 Å². The average molecular weight is 306 g/mol. The number of rotatable bonds is 7. The topological polar surface area (TPSA) is 69.7 Å². The van der Waals surface area contributed by atoms with Crippen LogP contribution in [0.15, 0.2) is 59.5 Å². The lowest BCUT2D eigenvalue weighted by Crippen LogP contribution is -2.13. The monoisotopic (exact) mass is 306 g/mol. The number of aldehydes is 1. The van der Waals surface area contributed by atoms with Crippen molar-refractivity contribution < 1.29 is 22.1 Å². The minimum Gasteiger partial charge on any atom is -0.491 e. The Morgan fingerprint density at radius 3 is 2.19 bits per heavy atom. The van der Waals surface area contributed by atoms with E-state index in [1.807, 2.05) is 18.2 Å². The molecule has 0 saturated carbocycles. The van der Waals surface area contributed by atoms with E-state index in [1.54, 1.807) is 12.1 Å². The van der Waals surface area contributed by atoms with Gasteiger partial charge in [0, 0.05) is 5.56 Å². The molecule has 0 N–H and O–H groups in total. The van der Waals surface area contributed by atoms with Gasteiger partial charge in [0.1, 0.15) is 25.2 Å². The summed E-state index contributed by atoms with van der Waals surface area (Å²) in [6.07, 6.45) is 0.644. The van der Waals surface area contributed by atoms with Crippen LogP contribution in [0, 0.1) is 0 Å². The van der Waals surface area contributed by atoms with Crippen LogP contribution >= 0.6 is 0 Å². The zero-order valence-corrected chi connectivity index (χ0v) is 12.0. The van der Waals surface area contributed by atoms with Crippen LogP contribution in [0.5, 0.6) is 5.75 Å². The second-order valence-electron chi connectivity index (χ2n) is 4.12. The van der Waals surface area contributed by atoms with Gasteiger partial charge in [0.2, 0.25) is 0 Å². The molecule has 0 unspecified atom stereocenters. The number of carbonyl (C=O) groups excluding carboxylic acids is 1. The predicted molar refractivity (Wildman–Crippen MR) is 76.9 cm³/mol. The third kappa shape index (κ3) is 4.40. The predicted octanol–water partition coefficient (Wildman–Crippen LogP) is 2.28. The van der Waals surface area contributed by atoms with E-state index in [2.05, 4.69) is 0 Å². The standard InChI is InChI=1S/C15H14O5S/c16-12-13-6-8-15(9-7-13)21(17,18)20-11-10-19-14-4-2-1-3-5-14/h1-9,12H,10-11H2. The fourth-order valence-corrected chi connectivity index (χ4v) is 2.49.